The highest BCUT2D eigenvalue weighted by Crippen LogP contribution is 2.02. The second-order valence-electron chi connectivity index (χ2n) is 3.98. The van der Waals surface area contributed by atoms with E-state index in [9.17, 15) is 5.11 Å². The summed E-state index contributed by atoms with van der Waals surface area (Å²) >= 11 is 0. The quantitative estimate of drug-likeness (QED) is 0.559. The summed E-state index contributed by atoms with van der Waals surface area (Å²) in [5, 5.41) is 21.4. The van der Waals surface area contributed by atoms with E-state index in [2.05, 4.69) is 5.32 Å². The Morgan fingerprint density at radius 2 is 2.00 bits per heavy atom. The van der Waals surface area contributed by atoms with Crippen LogP contribution in [0.15, 0.2) is 30.3 Å². The lowest BCUT2D eigenvalue weighted by atomic mass is 10.2. The molecule has 1 aromatic rings. The summed E-state index contributed by atoms with van der Waals surface area (Å²) in [6.07, 6.45) is -0.573. The van der Waals surface area contributed by atoms with Crippen LogP contribution < -0.4 is 5.32 Å². The second-order valence-corrected chi connectivity index (χ2v) is 3.98. The molecule has 1 rings (SSSR count). The molecule has 5 nitrogen and oxygen atoms in total. The number of aliphatic hydroxyl groups excluding tert-OH is 2. The van der Waals surface area contributed by atoms with Crippen LogP contribution in [0.4, 0.5) is 0 Å². The van der Waals surface area contributed by atoms with Gasteiger partial charge in [-0.3, -0.25) is 5.32 Å². The highest BCUT2D eigenvalue weighted by atomic mass is 16.6. The first-order valence-corrected chi connectivity index (χ1v) is 5.95. The van der Waals surface area contributed by atoms with Gasteiger partial charge in [0.25, 0.3) is 0 Å². The lowest BCUT2D eigenvalue weighted by Crippen LogP contribution is -2.42. The fourth-order valence-corrected chi connectivity index (χ4v) is 1.57. The van der Waals surface area contributed by atoms with E-state index in [1.165, 1.54) is 0 Å². The average Bonchev–Trinajstić information content (AvgIpc) is 2.38. The van der Waals surface area contributed by atoms with Crippen LogP contribution in [0, 0.1) is 0 Å². The van der Waals surface area contributed by atoms with Gasteiger partial charge >= 0.3 is 0 Å². The molecule has 0 bridgehead atoms. The fourth-order valence-electron chi connectivity index (χ4n) is 1.57. The summed E-state index contributed by atoms with van der Waals surface area (Å²) in [7, 11) is 1.57. The van der Waals surface area contributed by atoms with E-state index in [0.29, 0.717) is 19.6 Å². The molecule has 5 heteroatoms. The predicted molar refractivity (Wildman–Crippen MR) is 67.7 cm³/mol. The standard InChI is InChI=1S/C13H21NO4/c1-17-10-12(7-8-15)14-13(16)18-9-11-5-3-2-4-6-11/h2-6,12-16H,7-10H2,1H3. The summed E-state index contributed by atoms with van der Waals surface area (Å²) in [5.74, 6) is 0. The van der Waals surface area contributed by atoms with Crippen molar-refractivity contribution in [1.29, 1.82) is 0 Å². The van der Waals surface area contributed by atoms with Crippen LogP contribution in [0.1, 0.15) is 12.0 Å². The predicted octanol–water partition coefficient (Wildman–Crippen LogP) is 0.466. The van der Waals surface area contributed by atoms with Gasteiger partial charge in [-0.2, -0.15) is 0 Å². The van der Waals surface area contributed by atoms with E-state index in [0.717, 1.165) is 5.56 Å². The summed E-state index contributed by atoms with van der Waals surface area (Å²) in [6.45, 7) is 0.770. The Morgan fingerprint density at radius 1 is 1.28 bits per heavy atom. The van der Waals surface area contributed by atoms with E-state index >= 15 is 0 Å². The molecule has 0 fully saturated rings. The van der Waals surface area contributed by atoms with E-state index in [1.54, 1.807) is 7.11 Å². The number of hydrogen-bond acceptors (Lipinski definition) is 5. The van der Waals surface area contributed by atoms with Crippen LogP contribution in [0.25, 0.3) is 0 Å². The van der Waals surface area contributed by atoms with Gasteiger partial charge in [-0.05, 0) is 12.0 Å². The molecular formula is C13H21NO4. The number of hydrogen-bond donors (Lipinski definition) is 3. The highest BCUT2D eigenvalue weighted by Gasteiger charge is 2.12. The Hall–Kier alpha value is -0.980. The molecule has 18 heavy (non-hydrogen) atoms. The van der Waals surface area contributed by atoms with Gasteiger partial charge in [-0.25, -0.2) is 0 Å². The zero-order chi connectivity index (χ0) is 13.2. The minimum atomic E-state index is -1.07. The van der Waals surface area contributed by atoms with Crippen LogP contribution in [-0.4, -0.2) is 43.0 Å². The number of methoxy groups -OCH3 is 1. The van der Waals surface area contributed by atoms with E-state index in [-0.39, 0.29) is 12.6 Å². The lowest BCUT2D eigenvalue weighted by molar-refractivity contribution is -0.137. The Kier molecular flexibility index (Phi) is 7.55. The number of nitrogens with one attached hydrogen (secondary N) is 1. The molecule has 0 aliphatic rings. The van der Waals surface area contributed by atoms with Crippen molar-refractivity contribution in [3.63, 3.8) is 0 Å². The molecule has 0 heterocycles. The summed E-state index contributed by atoms with van der Waals surface area (Å²) in [6, 6.07) is 9.47. The summed E-state index contributed by atoms with van der Waals surface area (Å²) in [4.78, 5) is 0. The van der Waals surface area contributed by atoms with Crippen LogP contribution in [-0.2, 0) is 16.1 Å². The maximum Gasteiger partial charge on any atom is 0.214 e. The van der Waals surface area contributed by atoms with Gasteiger partial charge in [-0.1, -0.05) is 30.3 Å². The fraction of sp³-hybridized carbons (Fsp3) is 0.538. The third kappa shape index (κ3) is 6.09. The average molecular weight is 255 g/mol. The third-order valence-electron chi connectivity index (χ3n) is 2.47. The Bertz CT molecular complexity index is 301. The van der Waals surface area contributed by atoms with Crippen molar-refractivity contribution in [2.45, 2.75) is 25.5 Å². The van der Waals surface area contributed by atoms with E-state index in [4.69, 9.17) is 14.6 Å². The normalized spacial score (nSPS) is 14.4. The van der Waals surface area contributed by atoms with Gasteiger partial charge in [0.1, 0.15) is 0 Å². The molecule has 2 unspecified atom stereocenters. The van der Waals surface area contributed by atoms with Crippen molar-refractivity contribution in [2.75, 3.05) is 20.3 Å². The third-order valence-corrected chi connectivity index (χ3v) is 2.47. The topological polar surface area (TPSA) is 71.0 Å². The van der Waals surface area contributed by atoms with Crippen LogP contribution in [0.5, 0.6) is 0 Å². The molecule has 102 valence electrons. The number of rotatable bonds is 9. The summed E-state index contributed by atoms with van der Waals surface area (Å²) < 4.78 is 10.2. The molecule has 0 aliphatic carbocycles. The zero-order valence-electron chi connectivity index (χ0n) is 10.6. The Morgan fingerprint density at radius 3 is 2.61 bits per heavy atom. The van der Waals surface area contributed by atoms with Crippen molar-refractivity contribution in [2.24, 2.45) is 0 Å². The van der Waals surface area contributed by atoms with Gasteiger partial charge in [-0.15, -0.1) is 0 Å². The van der Waals surface area contributed by atoms with Gasteiger partial charge in [0.05, 0.1) is 13.2 Å². The van der Waals surface area contributed by atoms with E-state index < -0.39 is 6.41 Å². The maximum absolute atomic E-state index is 9.66. The van der Waals surface area contributed by atoms with Crippen LogP contribution in [0.2, 0.25) is 0 Å². The molecular weight excluding hydrogens is 234 g/mol. The van der Waals surface area contributed by atoms with Gasteiger partial charge < -0.3 is 19.7 Å². The molecule has 0 spiro atoms. The molecule has 0 radical (unpaired) electrons. The smallest absolute Gasteiger partial charge is 0.214 e. The van der Waals surface area contributed by atoms with Crippen molar-refractivity contribution in [1.82, 2.24) is 5.32 Å². The maximum atomic E-state index is 9.66. The first-order chi connectivity index (χ1) is 8.76. The molecule has 1 aromatic carbocycles. The Labute approximate surface area is 107 Å². The second kappa shape index (κ2) is 9.02. The lowest BCUT2D eigenvalue weighted by Gasteiger charge is -2.21. The largest absolute Gasteiger partial charge is 0.396 e. The first-order valence-electron chi connectivity index (χ1n) is 5.95. The van der Waals surface area contributed by atoms with Crippen LogP contribution in [0.3, 0.4) is 0 Å². The van der Waals surface area contributed by atoms with Gasteiger partial charge in [0.15, 0.2) is 0 Å². The molecule has 3 N–H and O–H groups in total. The monoisotopic (exact) mass is 255 g/mol. The zero-order valence-corrected chi connectivity index (χ0v) is 10.6. The Balaban J connectivity index is 2.29. The molecule has 0 saturated heterocycles. The molecule has 0 aromatic heterocycles. The van der Waals surface area contributed by atoms with Crippen molar-refractivity contribution in [3.8, 4) is 0 Å². The minimum absolute atomic E-state index is 0.0342. The van der Waals surface area contributed by atoms with Crippen LogP contribution >= 0.6 is 0 Å². The van der Waals surface area contributed by atoms with Crippen molar-refractivity contribution < 1.29 is 19.7 Å². The highest BCUT2D eigenvalue weighted by molar-refractivity contribution is 5.13. The molecule has 0 amide bonds. The van der Waals surface area contributed by atoms with Gasteiger partial charge in [0, 0.05) is 19.8 Å². The summed E-state index contributed by atoms with van der Waals surface area (Å²) in [5.41, 5.74) is 0.990. The minimum Gasteiger partial charge on any atom is -0.396 e. The number of aliphatic hydroxyl groups is 2. The molecule has 0 saturated carbocycles. The SMILES string of the molecule is COCC(CCO)NC(O)OCc1ccccc1. The number of ether oxygens (including phenoxy) is 2. The van der Waals surface area contributed by atoms with Crippen molar-refractivity contribution >= 4 is 0 Å². The number of benzene rings is 1. The molecule has 2 atom stereocenters. The molecule has 0 aliphatic heterocycles. The van der Waals surface area contributed by atoms with E-state index in [1.807, 2.05) is 30.3 Å². The van der Waals surface area contributed by atoms with Crippen molar-refractivity contribution in [3.05, 3.63) is 35.9 Å². The first kappa shape index (κ1) is 15.1. The van der Waals surface area contributed by atoms with Gasteiger partial charge in [0.2, 0.25) is 6.41 Å².